The fourth-order valence-electron chi connectivity index (χ4n) is 2.84. The van der Waals surface area contributed by atoms with Crippen molar-refractivity contribution in [2.75, 3.05) is 39.9 Å². The third-order valence-electron chi connectivity index (χ3n) is 3.82. The van der Waals surface area contributed by atoms with Crippen molar-refractivity contribution in [3.63, 3.8) is 0 Å². The van der Waals surface area contributed by atoms with Gasteiger partial charge in [0, 0.05) is 38.8 Å². The largest absolute Gasteiger partial charge is 0.383 e. The van der Waals surface area contributed by atoms with Crippen molar-refractivity contribution in [2.24, 2.45) is 0 Å². The Hall–Kier alpha value is -1.18. The van der Waals surface area contributed by atoms with Crippen LogP contribution in [0.3, 0.4) is 0 Å². The van der Waals surface area contributed by atoms with Gasteiger partial charge < -0.3 is 15.4 Å². The van der Waals surface area contributed by atoms with Gasteiger partial charge in [-0.15, -0.1) is 0 Å². The molecule has 0 spiro atoms. The van der Waals surface area contributed by atoms with Gasteiger partial charge in [-0.2, -0.15) is 0 Å². The molecule has 2 heterocycles. The van der Waals surface area contributed by atoms with Crippen LogP contribution in [0.25, 0.3) is 0 Å². The van der Waals surface area contributed by atoms with Crippen LogP contribution in [0.5, 0.6) is 0 Å². The van der Waals surface area contributed by atoms with Gasteiger partial charge in [-0.25, -0.2) is 4.79 Å². The van der Waals surface area contributed by atoms with E-state index in [2.05, 4.69) is 20.9 Å². The van der Waals surface area contributed by atoms with Gasteiger partial charge in [-0.05, 0) is 19.3 Å². The Bertz CT molecular complexity index is 351. The second-order valence-electron chi connectivity index (χ2n) is 5.46. The SMILES string of the molecule is COCCNC(=O)NC(=O)CN1CCC2CCC(C1)N2. The van der Waals surface area contributed by atoms with Gasteiger partial charge in [-0.3, -0.25) is 15.0 Å². The van der Waals surface area contributed by atoms with Gasteiger partial charge in [-0.1, -0.05) is 0 Å². The number of likely N-dealkylation sites (tertiary alicyclic amines) is 1. The predicted molar refractivity (Wildman–Crippen MR) is 74.4 cm³/mol. The molecule has 7 nitrogen and oxygen atoms in total. The van der Waals surface area contributed by atoms with Crippen LogP contribution < -0.4 is 16.0 Å². The lowest BCUT2D eigenvalue weighted by Crippen LogP contribution is -2.46. The molecule has 2 unspecified atom stereocenters. The monoisotopic (exact) mass is 284 g/mol. The van der Waals surface area contributed by atoms with Crippen molar-refractivity contribution in [2.45, 2.75) is 31.3 Å². The standard InChI is InChI=1S/C13H24N4O3/c1-20-7-5-14-13(19)16-12(18)9-17-6-4-10-2-3-11(8-17)15-10/h10-11,15H,2-9H2,1H3,(H2,14,16,18,19). The quantitative estimate of drug-likeness (QED) is 0.581. The van der Waals surface area contributed by atoms with Crippen LogP contribution in [0.4, 0.5) is 4.79 Å². The highest BCUT2D eigenvalue weighted by Crippen LogP contribution is 2.19. The zero-order chi connectivity index (χ0) is 14.4. The number of imide groups is 1. The lowest BCUT2D eigenvalue weighted by molar-refractivity contribution is -0.121. The normalized spacial score (nSPS) is 26.1. The van der Waals surface area contributed by atoms with Crippen LogP contribution in [0.2, 0.25) is 0 Å². The topological polar surface area (TPSA) is 82.7 Å². The number of carbonyl (C=O) groups is 2. The van der Waals surface area contributed by atoms with E-state index in [0.29, 0.717) is 25.2 Å². The molecule has 2 aliphatic heterocycles. The van der Waals surface area contributed by atoms with Crippen molar-refractivity contribution in [1.29, 1.82) is 0 Å². The summed E-state index contributed by atoms with van der Waals surface area (Å²) in [5, 5.41) is 8.47. The Balaban J connectivity index is 1.67. The van der Waals surface area contributed by atoms with Gasteiger partial charge in [0.25, 0.3) is 0 Å². The molecule has 0 aromatic heterocycles. The lowest BCUT2D eigenvalue weighted by Gasteiger charge is -2.23. The molecule has 2 atom stereocenters. The number of nitrogens with one attached hydrogen (secondary N) is 3. The van der Waals surface area contributed by atoms with Crippen molar-refractivity contribution in [3.8, 4) is 0 Å². The third kappa shape index (κ3) is 4.73. The van der Waals surface area contributed by atoms with Crippen LogP contribution in [0.15, 0.2) is 0 Å². The number of nitrogens with zero attached hydrogens (tertiary/aromatic N) is 1. The number of carbonyl (C=O) groups excluding carboxylic acids is 2. The molecule has 3 N–H and O–H groups in total. The number of urea groups is 1. The molecule has 2 fully saturated rings. The maximum atomic E-state index is 11.8. The maximum absolute atomic E-state index is 11.8. The van der Waals surface area contributed by atoms with E-state index < -0.39 is 6.03 Å². The Morgan fingerprint density at radius 1 is 1.30 bits per heavy atom. The minimum atomic E-state index is -0.457. The molecule has 0 radical (unpaired) electrons. The van der Waals surface area contributed by atoms with E-state index in [-0.39, 0.29) is 12.5 Å². The zero-order valence-corrected chi connectivity index (χ0v) is 12.0. The second-order valence-corrected chi connectivity index (χ2v) is 5.46. The summed E-state index contributed by atoms with van der Waals surface area (Å²) in [7, 11) is 1.56. The number of fused-ring (bicyclic) bond motifs is 2. The van der Waals surface area contributed by atoms with E-state index in [0.717, 1.165) is 19.5 Å². The fourth-order valence-corrected chi connectivity index (χ4v) is 2.84. The van der Waals surface area contributed by atoms with E-state index in [4.69, 9.17) is 4.74 Å². The number of rotatable bonds is 5. The Morgan fingerprint density at radius 3 is 2.90 bits per heavy atom. The average molecular weight is 284 g/mol. The fraction of sp³-hybridized carbons (Fsp3) is 0.846. The van der Waals surface area contributed by atoms with Crippen LogP contribution in [0.1, 0.15) is 19.3 Å². The number of amides is 3. The van der Waals surface area contributed by atoms with E-state index in [1.54, 1.807) is 7.11 Å². The molecule has 2 bridgehead atoms. The number of hydrogen-bond donors (Lipinski definition) is 3. The summed E-state index contributed by atoms with van der Waals surface area (Å²) in [4.78, 5) is 25.4. The minimum Gasteiger partial charge on any atom is -0.383 e. The van der Waals surface area contributed by atoms with Crippen LogP contribution in [-0.2, 0) is 9.53 Å². The lowest BCUT2D eigenvalue weighted by atomic mass is 10.1. The molecule has 0 aliphatic carbocycles. The van der Waals surface area contributed by atoms with Gasteiger partial charge in [0.15, 0.2) is 0 Å². The summed E-state index contributed by atoms with van der Waals surface area (Å²) in [6.45, 7) is 2.90. The summed E-state index contributed by atoms with van der Waals surface area (Å²) in [6.07, 6.45) is 3.50. The number of ether oxygens (including phenoxy) is 1. The molecular weight excluding hydrogens is 260 g/mol. The smallest absolute Gasteiger partial charge is 0.321 e. The molecular formula is C13H24N4O3. The van der Waals surface area contributed by atoms with Crippen molar-refractivity contribution in [1.82, 2.24) is 20.9 Å². The van der Waals surface area contributed by atoms with E-state index in [1.165, 1.54) is 12.8 Å². The first-order valence-corrected chi connectivity index (χ1v) is 7.22. The molecule has 3 amide bonds. The second kappa shape index (κ2) is 7.56. The van der Waals surface area contributed by atoms with Crippen LogP contribution in [-0.4, -0.2) is 68.8 Å². The molecule has 2 rings (SSSR count). The summed E-state index contributed by atoms with van der Waals surface area (Å²) >= 11 is 0. The summed E-state index contributed by atoms with van der Waals surface area (Å²) < 4.78 is 4.82. The molecule has 20 heavy (non-hydrogen) atoms. The first-order valence-electron chi connectivity index (χ1n) is 7.22. The molecule has 7 heteroatoms. The minimum absolute atomic E-state index is 0.252. The Morgan fingerprint density at radius 2 is 2.10 bits per heavy atom. The third-order valence-corrected chi connectivity index (χ3v) is 3.82. The summed E-state index contributed by atoms with van der Waals surface area (Å²) in [5.74, 6) is -0.252. The number of hydrogen-bond acceptors (Lipinski definition) is 5. The summed E-state index contributed by atoms with van der Waals surface area (Å²) in [5.41, 5.74) is 0. The highest BCUT2D eigenvalue weighted by molar-refractivity contribution is 5.95. The van der Waals surface area contributed by atoms with Crippen LogP contribution in [0, 0.1) is 0 Å². The van der Waals surface area contributed by atoms with Gasteiger partial charge >= 0.3 is 6.03 Å². The van der Waals surface area contributed by atoms with Gasteiger partial charge in [0.1, 0.15) is 0 Å². The number of methoxy groups -OCH3 is 1. The molecule has 0 aromatic carbocycles. The highest BCUT2D eigenvalue weighted by Gasteiger charge is 2.29. The van der Waals surface area contributed by atoms with Crippen LogP contribution >= 0.6 is 0 Å². The van der Waals surface area contributed by atoms with Gasteiger partial charge in [0.05, 0.1) is 13.2 Å². The first kappa shape index (κ1) is 15.2. The summed E-state index contributed by atoms with van der Waals surface area (Å²) in [6, 6.07) is 0.637. The molecule has 2 saturated heterocycles. The molecule has 0 saturated carbocycles. The van der Waals surface area contributed by atoms with E-state index in [1.807, 2.05) is 0 Å². The van der Waals surface area contributed by atoms with Crippen molar-refractivity contribution >= 4 is 11.9 Å². The predicted octanol–water partition coefficient (Wildman–Crippen LogP) is -0.715. The van der Waals surface area contributed by atoms with Gasteiger partial charge in [0.2, 0.25) is 5.91 Å². The highest BCUT2D eigenvalue weighted by atomic mass is 16.5. The maximum Gasteiger partial charge on any atom is 0.321 e. The average Bonchev–Trinajstić information content (AvgIpc) is 2.73. The Kier molecular flexibility index (Phi) is 5.75. The van der Waals surface area contributed by atoms with Crippen molar-refractivity contribution in [3.05, 3.63) is 0 Å². The van der Waals surface area contributed by atoms with E-state index in [9.17, 15) is 9.59 Å². The zero-order valence-electron chi connectivity index (χ0n) is 12.0. The van der Waals surface area contributed by atoms with E-state index >= 15 is 0 Å². The molecule has 114 valence electrons. The van der Waals surface area contributed by atoms with Crippen molar-refractivity contribution < 1.29 is 14.3 Å². The molecule has 2 aliphatic rings. The Labute approximate surface area is 119 Å². The first-order chi connectivity index (χ1) is 9.67. The molecule has 0 aromatic rings.